The molecule has 3 aromatic rings. The SMILES string of the molecule is Cc1c(-c2ccc3c(c2)C(=O)NC3)ccn2c(=O)c(C(=O)[O-])cc(C3CC3)c12.[K+]. The molecule has 7 heteroatoms. The van der Waals surface area contributed by atoms with E-state index < -0.39 is 11.5 Å². The first-order chi connectivity index (χ1) is 13.5. The molecule has 0 bridgehead atoms. The van der Waals surface area contributed by atoms with Crippen molar-refractivity contribution in [1.82, 2.24) is 9.72 Å². The van der Waals surface area contributed by atoms with Crippen LogP contribution in [0.4, 0.5) is 0 Å². The van der Waals surface area contributed by atoms with Gasteiger partial charge in [-0.15, -0.1) is 0 Å². The molecule has 5 rings (SSSR count). The van der Waals surface area contributed by atoms with Crippen LogP contribution in [0.25, 0.3) is 16.6 Å². The van der Waals surface area contributed by atoms with Crippen LogP contribution in [0, 0.1) is 6.92 Å². The second-order valence-electron chi connectivity index (χ2n) is 7.51. The number of nitrogens with zero attached hydrogens (tertiary/aromatic N) is 1. The van der Waals surface area contributed by atoms with Gasteiger partial charge in [-0.3, -0.25) is 14.0 Å². The maximum absolute atomic E-state index is 12.7. The van der Waals surface area contributed by atoms with Gasteiger partial charge in [0.2, 0.25) is 0 Å². The molecule has 6 nitrogen and oxygen atoms in total. The van der Waals surface area contributed by atoms with Gasteiger partial charge < -0.3 is 15.2 Å². The van der Waals surface area contributed by atoms with Crippen molar-refractivity contribution < 1.29 is 66.1 Å². The molecule has 140 valence electrons. The number of carboxylic acid groups (broad SMARTS) is 1. The van der Waals surface area contributed by atoms with Crippen LogP contribution in [0.15, 0.2) is 41.3 Å². The number of pyridine rings is 2. The molecule has 1 fully saturated rings. The van der Waals surface area contributed by atoms with Gasteiger partial charge in [0.25, 0.3) is 11.5 Å². The van der Waals surface area contributed by atoms with Crippen molar-refractivity contribution in [3.05, 3.63) is 74.7 Å². The molecule has 29 heavy (non-hydrogen) atoms. The average Bonchev–Trinajstić information content (AvgIpc) is 3.46. The molecular weight excluding hydrogens is 395 g/mol. The van der Waals surface area contributed by atoms with E-state index in [1.54, 1.807) is 12.3 Å². The number of benzene rings is 1. The van der Waals surface area contributed by atoms with Gasteiger partial charge in [-0.25, -0.2) is 0 Å². The van der Waals surface area contributed by atoms with Gasteiger partial charge in [0.1, 0.15) is 0 Å². The number of rotatable bonds is 3. The minimum Gasteiger partial charge on any atom is -0.545 e. The fourth-order valence-corrected chi connectivity index (χ4v) is 4.14. The number of hydrogen-bond donors (Lipinski definition) is 1. The van der Waals surface area contributed by atoms with Crippen molar-refractivity contribution in [1.29, 1.82) is 0 Å². The Balaban J connectivity index is 0.00000205. The fraction of sp³-hybridized carbons (Fsp3) is 0.227. The number of aromatic carboxylic acids is 1. The van der Waals surface area contributed by atoms with Gasteiger partial charge in [-0.05, 0) is 71.7 Å². The predicted molar refractivity (Wildman–Crippen MR) is 101 cm³/mol. The van der Waals surface area contributed by atoms with E-state index in [0.29, 0.717) is 12.1 Å². The molecule has 2 aliphatic rings. The first-order valence-corrected chi connectivity index (χ1v) is 9.27. The van der Waals surface area contributed by atoms with Gasteiger partial charge in [0, 0.05) is 18.3 Å². The van der Waals surface area contributed by atoms with E-state index in [2.05, 4.69) is 5.32 Å². The summed E-state index contributed by atoms with van der Waals surface area (Å²) in [5, 5.41) is 14.2. The molecule has 1 aliphatic carbocycles. The molecule has 1 aliphatic heterocycles. The van der Waals surface area contributed by atoms with E-state index in [1.807, 2.05) is 25.1 Å². The summed E-state index contributed by atoms with van der Waals surface area (Å²) in [5.41, 5.74) is 5.09. The molecule has 0 spiro atoms. The zero-order valence-electron chi connectivity index (χ0n) is 16.2. The van der Waals surface area contributed by atoms with Gasteiger partial charge in [0.05, 0.1) is 17.0 Å². The Morgan fingerprint density at radius 2 is 1.90 bits per heavy atom. The summed E-state index contributed by atoms with van der Waals surface area (Å²) in [6, 6.07) is 9.08. The van der Waals surface area contributed by atoms with E-state index in [9.17, 15) is 19.5 Å². The van der Waals surface area contributed by atoms with Crippen LogP contribution in [-0.4, -0.2) is 16.3 Å². The summed E-state index contributed by atoms with van der Waals surface area (Å²) >= 11 is 0. The van der Waals surface area contributed by atoms with E-state index in [4.69, 9.17) is 0 Å². The predicted octanol–water partition coefficient (Wildman–Crippen LogP) is -1.24. The van der Waals surface area contributed by atoms with Crippen LogP contribution in [0.2, 0.25) is 0 Å². The molecule has 2 aromatic heterocycles. The second-order valence-corrected chi connectivity index (χ2v) is 7.51. The topological polar surface area (TPSA) is 90.7 Å². The zero-order chi connectivity index (χ0) is 19.6. The van der Waals surface area contributed by atoms with Gasteiger partial charge >= 0.3 is 51.4 Å². The van der Waals surface area contributed by atoms with E-state index in [-0.39, 0.29) is 68.8 Å². The van der Waals surface area contributed by atoms with Gasteiger partial charge in [-0.1, -0.05) is 12.1 Å². The largest absolute Gasteiger partial charge is 1.00 e. The van der Waals surface area contributed by atoms with E-state index >= 15 is 0 Å². The fourth-order valence-electron chi connectivity index (χ4n) is 4.14. The Kier molecular flexibility index (Phi) is 5.29. The second kappa shape index (κ2) is 7.48. The van der Waals surface area contributed by atoms with Crippen molar-refractivity contribution in [3.8, 4) is 11.1 Å². The number of aromatic nitrogens is 1. The van der Waals surface area contributed by atoms with Crippen LogP contribution in [0.1, 0.15) is 56.2 Å². The molecule has 1 N–H and O–H groups in total. The normalized spacial score (nSPS) is 15.0. The number of fused-ring (bicyclic) bond motifs is 2. The van der Waals surface area contributed by atoms with E-state index in [1.165, 1.54) is 10.5 Å². The van der Waals surface area contributed by atoms with Crippen molar-refractivity contribution in [3.63, 3.8) is 0 Å². The molecule has 3 heterocycles. The monoisotopic (exact) mass is 412 g/mol. The summed E-state index contributed by atoms with van der Waals surface area (Å²) in [5.74, 6) is -1.27. The molecule has 1 saturated carbocycles. The van der Waals surface area contributed by atoms with Crippen LogP contribution >= 0.6 is 0 Å². The number of nitrogens with one attached hydrogen (secondary N) is 1. The average molecular weight is 412 g/mol. The van der Waals surface area contributed by atoms with Crippen molar-refractivity contribution >= 4 is 17.4 Å². The Bertz CT molecular complexity index is 1260. The quantitative estimate of drug-likeness (QED) is 0.545. The third-order valence-corrected chi connectivity index (χ3v) is 5.75. The molecular formula is C22H17KN2O4. The van der Waals surface area contributed by atoms with Crippen LogP contribution in [0.5, 0.6) is 0 Å². The standard InChI is InChI=1S/C22H18N2O4.K/c1-11-15(13-4-5-14-10-23-20(25)17(14)8-13)6-7-24-19(11)16(12-2-3-12)9-18(21(24)26)22(27)28;/h4-9,12H,2-3,10H2,1H3,(H,23,25)(H,27,28);/q;+1/p-1. The summed E-state index contributed by atoms with van der Waals surface area (Å²) in [6.07, 6.45) is 3.57. The molecule has 0 unspecified atom stereocenters. The molecule has 0 saturated heterocycles. The number of hydrogen-bond acceptors (Lipinski definition) is 4. The first-order valence-electron chi connectivity index (χ1n) is 9.27. The zero-order valence-corrected chi connectivity index (χ0v) is 19.4. The minimum atomic E-state index is -1.45. The van der Waals surface area contributed by atoms with Crippen molar-refractivity contribution in [2.45, 2.75) is 32.2 Å². The molecule has 1 aromatic carbocycles. The van der Waals surface area contributed by atoms with Crippen molar-refractivity contribution in [2.75, 3.05) is 0 Å². The number of aryl methyl sites for hydroxylation is 1. The summed E-state index contributed by atoms with van der Waals surface area (Å²) in [7, 11) is 0. The maximum atomic E-state index is 12.7. The smallest absolute Gasteiger partial charge is 0.545 e. The summed E-state index contributed by atoms with van der Waals surface area (Å²) < 4.78 is 1.41. The number of amides is 1. The van der Waals surface area contributed by atoms with E-state index in [0.717, 1.165) is 46.2 Å². The Hall–Kier alpha value is -1.77. The molecule has 0 radical (unpaired) electrons. The summed E-state index contributed by atoms with van der Waals surface area (Å²) in [4.78, 5) is 36.1. The Labute approximate surface area is 209 Å². The minimum absolute atomic E-state index is 0. The third-order valence-electron chi connectivity index (χ3n) is 5.75. The maximum Gasteiger partial charge on any atom is 1.00 e. The van der Waals surface area contributed by atoms with Crippen LogP contribution in [-0.2, 0) is 6.54 Å². The summed E-state index contributed by atoms with van der Waals surface area (Å²) in [6.45, 7) is 2.47. The number of carboxylic acids is 1. The number of carbonyl (C=O) groups excluding carboxylic acids is 2. The first kappa shape index (κ1) is 20.5. The van der Waals surface area contributed by atoms with Crippen LogP contribution in [0.3, 0.4) is 0 Å². The van der Waals surface area contributed by atoms with Crippen molar-refractivity contribution in [2.24, 2.45) is 0 Å². The van der Waals surface area contributed by atoms with Gasteiger partial charge in [-0.2, -0.15) is 0 Å². The molecule has 1 amide bonds. The van der Waals surface area contributed by atoms with Gasteiger partial charge in [0.15, 0.2) is 0 Å². The molecule has 0 atom stereocenters. The Morgan fingerprint density at radius 3 is 2.59 bits per heavy atom. The number of carbonyl (C=O) groups is 2. The van der Waals surface area contributed by atoms with Crippen LogP contribution < -0.4 is 67.4 Å². The third kappa shape index (κ3) is 3.31. The Morgan fingerprint density at radius 1 is 1.14 bits per heavy atom.